The first-order chi connectivity index (χ1) is 12.3. The van der Waals surface area contributed by atoms with Crippen molar-refractivity contribution in [2.45, 2.75) is 26.2 Å². The second-order valence-corrected chi connectivity index (χ2v) is 5.85. The van der Waals surface area contributed by atoms with E-state index in [4.69, 9.17) is 0 Å². The highest BCUT2D eigenvalue weighted by atomic mass is 19.3. The predicted molar refractivity (Wildman–Crippen MR) is 89.5 cm³/mol. The molecular weight excluding hydrogens is 345 g/mol. The Morgan fingerprint density at radius 1 is 1.08 bits per heavy atom. The maximum Gasteiger partial charge on any atom is 0.266 e. The molecule has 3 rings (SSSR count). The van der Waals surface area contributed by atoms with Gasteiger partial charge in [0.1, 0.15) is 18.0 Å². The summed E-state index contributed by atoms with van der Waals surface area (Å²) in [5, 5.41) is 0. The lowest BCUT2D eigenvalue weighted by Crippen LogP contribution is -2.09. The number of nitrogens with one attached hydrogen (secondary N) is 1. The number of aromatic amines is 1. The number of rotatable bonds is 4. The summed E-state index contributed by atoms with van der Waals surface area (Å²) in [5.74, 6) is -0.864. The molecule has 2 heterocycles. The third-order valence-corrected chi connectivity index (χ3v) is 4.01. The highest BCUT2D eigenvalue weighted by molar-refractivity contribution is 5.54. The minimum atomic E-state index is -2.87. The zero-order valence-electron chi connectivity index (χ0n) is 14.0. The van der Waals surface area contributed by atoms with Gasteiger partial charge < -0.3 is 4.98 Å². The van der Waals surface area contributed by atoms with Crippen molar-refractivity contribution < 1.29 is 13.2 Å². The molecule has 8 heteroatoms. The van der Waals surface area contributed by atoms with Crippen LogP contribution in [0.3, 0.4) is 0 Å². The number of aromatic nitrogens is 4. The number of benzene rings is 1. The van der Waals surface area contributed by atoms with Gasteiger partial charge in [0.15, 0.2) is 0 Å². The molecule has 0 fully saturated rings. The van der Waals surface area contributed by atoms with E-state index in [0.717, 1.165) is 12.1 Å². The van der Waals surface area contributed by atoms with Crippen LogP contribution in [-0.4, -0.2) is 19.9 Å². The molecule has 0 aliphatic carbocycles. The van der Waals surface area contributed by atoms with Crippen LogP contribution in [0.25, 0.3) is 11.4 Å². The quantitative estimate of drug-likeness (QED) is 0.769. The van der Waals surface area contributed by atoms with E-state index in [-0.39, 0.29) is 11.5 Å². The molecule has 0 bridgehead atoms. The normalized spacial score (nSPS) is 12.4. The smallest absolute Gasteiger partial charge is 0.266 e. The highest BCUT2D eigenvalue weighted by Crippen LogP contribution is 2.29. The molecule has 1 N–H and O–H groups in total. The summed E-state index contributed by atoms with van der Waals surface area (Å²) in [4.78, 5) is 26.7. The first-order valence-electron chi connectivity index (χ1n) is 7.83. The van der Waals surface area contributed by atoms with Crippen LogP contribution >= 0.6 is 0 Å². The molecule has 0 spiro atoms. The van der Waals surface area contributed by atoms with Crippen LogP contribution in [0.1, 0.15) is 41.9 Å². The van der Waals surface area contributed by atoms with E-state index in [1.54, 1.807) is 19.9 Å². The van der Waals surface area contributed by atoms with Gasteiger partial charge in [-0.3, -0.25) is 4.79 Å². The zero-order chi connectivity index (χ0) is 18.8. The van der Waals surface area contributed by atoms with Crippen molar-refractivity contribution in [2.75, 3.05) is 0 Å². The fourth-order valence-corrected chi connectivity index (χ4v) is 2.62. The number of hydrogen-bond donors (Lipinski definition) is 1. The van der Waals surface area contributed by atoms with Crippen molar-refractivity contribution >= 4 is 0 Å². The number of nitrogens with zero attached hydrogens (tertiary/aromatic N) is 3. The summed E-state index contributed by atoms with van der Waals surface area (Å²) >= 11 is 0. The number of aryl methyl sites for hydroxylation is 1. The molecule has 1 atom stereocenters. The van der Waals surface area contributed by atoms with Gasteiger partial charge in [0.25, 0.3) is 12.0 Å². The van der Waals surface area contributed by atoms with Crippen LogP contribution in [-0.2, 0) is 0 Å². The predicted octanol–water partition coefficient (Wildman–Crippen LogP) is 3.76. The molecule has 5 nitrogen and oxygen atoms in total. The van der Waals surface area contributed by atoms with E-state index in [1.165, 1.54) is 18.5 Å². The van der Waals surface area contributed by atoms with E-state index in [2.05, 4.69) is 19.9 Å². The van der Waals surface area contributed by atoms with Crippen LogP contribution in [0.5, 0.6) is 0 Å². The molecular formula is C18H15F3N4O. The van der Waals surface area contributed by atoms with Gasteiger partial charge in [-0.1, -0.05) is 19.1 Å². The van der Waals surface area contributed by atoms with Crippen molar-refractivity contribution in [3.8, 4) is 11.4 Å². The first kappa shape index (κ1) is 17.8. The van der Waals surface area contributed by atoms with Gasteiger partial charge >= 0.3 is 0 Å². The molecule has 0 aliphatic heterocycles. The molecule has 0 saturated carbocycles. The molecule has 0 saturated heterocycles. The van der Waals surface area contributed by atoms with E-state index in [1.807, 2.05) is 0 Å². The van der Waals surface area contributed by atoms with Crippen molar-refractivity contribution in [1.82, 2.24) is 19.9 Å². The largest absolute Gasteiger partial charge is 0.311 e. The molecule has 134 valence electrons. The standard InChI is InChI=1S/C18H15F3N4O/c1-9(11-3-4-12(18(20)21)13(19)5-11)14-6-15(23-8-22-14)16-7-17(26)25-10(2)24-16/h3-9,18H,1-2H3,(H,24,25,26)/t9-/m1/s1. The van der Waals surface area contributed by atoms with Gasteiger partial charge in [-0.05, 0) is 24.6 Å². The fourth-order valence-electron chi connectivity index (χ4n) is 2.62. The number of H-pyrrole nitrogens is 1. The van der Waals surface area contributed by atoms with Gasteiger partial charge in [-0.15, -0.1) is 0 Å². The second kappa shape index (κ2) is 7.07. The maximum absolute atomic E-state index is 13.8. The molecule has 0 aliphatic rings. The molecule has 0 radical (unpaired) electrons. The SMILES string of the molecule is Cc1nc(-c2cc([C@H](C)c3ccc(C(F)F)c(F)c3)ncn2)cc(=O)[nH]1. The zero-order valence-corrected chi connectivity index (χ0v) is 14.0. The van der Waals surface area contributed by atoms with E-state index >= 15 is 0 Å². The summed E-state index contributed by atoms with van der Waals surface area (Å²) in [5.41, 5.74) is 0.963. The van der Waals surface area contributed by atoms with Crippen LogP contribution in [0.4, 0.5) is 13.2 Å². The Labute approximate surface area is 147 Å². The highest BCUT2D eigenvalue weighted by Gasteiger charge is 2.18. The lowest BCUT2D eigenvalue weighted by atomic mass is 9.95. The van der Waals surface area contributed by atoms with Gasteiger partial charge in [-0.2, -0.15) is 0 Å². The fraction of sp³-hybridized carbons (Fsp3) is 0.222. The van der Waals surface area contributed by atoms with E-state index < -0.39 is 17.8 Å². The summed E-state index contributed by atoms with van der Waals surface area (Å²) < 4.78 is 39.2. The third-order valence-electron chi connectivity index (χ3n) is 4.01. The Kier molecular flexibility index (Phi) is 4.83. The van der Waals surface area contributed by atoms with Crippen molar-refractivity contribution in [3.05, 3.63) is 75.5 Å². The van der Waals surface area contributed by atoms with Gasteiger partial charge in [0, 0.05) is 12.0 Å². The Morgan fingerprint density at radius 2 is 1.85 bits per heavy atom. The molecule has 0 unspecified atom stereocenters. The van der Waals surface area contributed by atoms with Crippen molar-refractivity contribution in [2.24, 2.45) is 0 Å². The average Bonchev–Trinajstić information content (AvgIpc) is 2.60. The van der Waals surface area contributed by atoms with Crippen LogP contribution in [0.2, 0.25) is 0 Å². The number of hydrogen-bond acceptors (Lipinski definition) is 4. The lowest BCUT2D eigenvalue weighted by molar-refractivity contribution is 0.146. The van der Waals surface area contributed by atoms with Crippen LogP contribution < -0.4 is 5.56 Å². The summed E-state index contributed by atoms with van der Waals surface area (Å²) in [6, 6.07) is 6.58. The third kappa shape index (κ3) is 3.63. The topological polar surface area (TPSA) is 71.5 Å². The Hall–Kier alpha value is -3.03. The Balaban J connectivity index is 1.97. The molecule has 1 aromatic carbocycles. The molecule has 26 heavy (non-hydrogen) atoms. The number of halogens is 3. The monoisotopic (exact) mass is 360 g/mol. The van der Waals surface area contributed by atoms with E-state index in [0.29, 0.717) is 28.5 Å². The first-order valence-corrected chi connectivity index (χ1v) is 7.83. The van der Waals surface area contributed by atoms with Crippen LogP contribution in [0.15, 0.2) is 41.5 Å². The molecule has 0 amide bonds. The second-order valence-electron chi connectivity index (χ2n) is 5.85. The van der Waals surface area contributed by atoms with Crippen LogP contribution in [0, 0.1) is 12.7 Å². The lowest BCUT2D eigenvalue weighted by Gasteiger charge is -2.13. The summed E-state index contributed by atoms with van der Waals surface area (Å²) in [7, 11) is 0. The summed E-state index contributed by atoms with van der Waals surface area (Å²) in [6.45, 7) is 3.43. The Morgan fingerprint density at radius 3 is 2.50 bits per heavy atom. The van der Waals surface area contributed by atoms with Gasteiger partial charge in [0.05, 0.1) is 22.6 Å². The minimum Gasteiger partial charge on any atom is -0.311 e. The Bertz CT molecular complexity index is 1000. The van der Waals surface area contributed by atoms with Crippen molar-refractivity contribution in [3.63, 3.8) is 0 Å². The molecule has 2 aromatic heterocycles. The van der Waals surface area contributed by atoms with Gasteiger partial charge in [0.2, 0.25) is 0 Å². The van der Waals surface area contributed by atoms with E-state index in [9.17, 15) is 18.0 Å². The summed E-state index contributed by atoms with van der Waals surface area (Å²) in [6.07, 6.45) is -1.54. The van der Waals surface area contributed by atoms with Crippen molar-refractivity contribution in [1.29, 1.82) is 0 Å². The maximum atomic E-state index is 13.8. The average molecular weight is 360 g/mol. The molecule has 3 aromatic rings. The number of alkyl halides is 2. The van der Waals surface area contributed by atoms with Gasteiger partial charge in [-0.25, -0.2) is 28.1 Å². The minimum absolute atomic E-state index is 0.301.